The highest BCUT2D eigenvalue weighted by molar-refractivity contribution is 7.92. The van der Waals surface area contributed by atoms with Gasteiger partial charge in [-0.1, -0.05) is 30.3 Å². The standard InChI is InChI=1S/C21H20N4O3S/c26-21(18-6-7-19-20(16-18)23-10-9-22-19)24-11-13-25(14-12-24)29(27,28)15-8-17-4-2-1-3-5-17/h1-10,15-16H,11-14H2/b15-8+. The minimum Gasteiger partial charge on any atom is -0.336 e. The summed E-state index contributed by atoms with van der Waals surface area (Å²) >= 11 is 0. The Morgan fingerprint density at radius 3 is 2.31 bits per heavy atom. The molecule has 1 fully saturated rings. The minimum absolute atomic E-state index is 0.130. The van der Waals surface area contributed by atoms with E-state index in [-0.39, 0.29) is 19.0 Å². The second kappa shape index (κ2) is 8.10. The van der Waals surface area contributed by atoms with Crippen molar-refractivity contribution in [3.05, 3.63) is 77.5 Å². The SMILES string of the molecule is O=C(c1ccc2nccnc2c1)N1CCN(S(=O)(=O)/C=C/c2ccccc2)CC1. The molecule has 0 atom stereocenters. The Morgan fingerprint density at radius 2 is 1.59 bits per heavy atom. The predicted molar refractivity (Wildman–Crippen MR) is 111 cm³/mol. The van der Waals surface area contributed by atoms with Crippen molar-refractivity contribution >= 4 is 33.0 Å². The molecule has 0 radical (unpaired) electrons. The first-order chi connectivity index (χ1) is 14.0. The second-order valence-corrected chi connectivity index (χ2v) is 8.53. The van der Waals surface area contributed by atoms with Crippen LogP contribution in [-0.4, -0.2) is 59.7 Å². The number of carbonyl (C=O) groups is 1. The largest absolute Gasteiger partial charge is 0.336 e. The topological polar surface area (TPSA) is 83.5 Å². The lowest BCUT2D eigenvalue weighted by Gasteiger charge is -2.33. The van der Waals surface area contributed by atoms with Crippen LogP contribution in [-0.2, 0) is 10.0 Å². The highest BCUT2D eigenvalue weighted by Gasteiger charge is 2.28. The zero-order valence-corrected chi connectivity index (χ0v) is 16.5. The van der Waals surface area contributed by atoms with Crippen LogP contribution >= 0.6 is 0 Å². The van der Waals surface area contributed by atoms with Gasteiger partial charge < -0.3 is 4.90 Å². The van der Waals surface area contributed by atoms with Gasteiger partial charge in [0.1, 0.15) is 0 Å². The van der Waals surface area contributed by atoms with Crippen molar-refractivity contribution in [2.45, 2.75) is 0 Å². The van der Waals surface area contributed by atoms with Crippen LogP contribution in [0, 0.1) is 0 Å². The minimum atomic E-state index is -3.53. The lowest BCUT2D eigenvalue weighted by Crippen LogP contribution is -2.50. The highest BCUT2D eigenvalue weighted by Crippen LogP contribution is 2.16. The molecule has 0 saturated carbocycles. The van der Waals surface area contributed by atoms with E-state index in [1.807, 2.05) is 30.3 Å². The van der Waals surface area contributed by atoms with Crippen molar-refractivity contribution in [1.82, 2.24) is 19.2 Å². The van der Waals surface area contributed by atoms with Gasteiger partial charge in [0.05, 0.1) is 11.0 Å². The number of hydrogen-bond donors (Lipinski definition) is 0. The van der Waals surface area contributed by atoms with Gasteiger partial charge in [-0.3, -0.25) is 14.8 Å². The van der Waals surface area contributed by atoms with E-state index < -0.39 is 10.0 Å². The quantitative estimate of drug-likeness (QED) is 0.662. The number of rotatable bonds is 4. The number of piperazine rings is 1. The Bertz CT molecular complexity index is 1150. The van der Waals surface area contributed by atoms with Crippen LogP contribution in [0.3, 0.4) is 0 Å². The molecular formula is C21H20N4O3S. The van der Waals surface area contributed by atoms with Crippen molar-refractivity contribution in [3.8, 4) is 0 Å². The summed E-state index contributed by atoms with van der Waals surface area (Å²) in [5, 5.41) is 1.22. The summed E-state index contributed by atoms with van der Waals surface area (Å²) in [6, 6.07) is 14.5. The lowest BCUT2D eigenvalue weighted by molar-refractivity contribution is 0.0698. The smallest absolute Gasteiger partial charge is 0.254 e. The van der Waals surface area contributed by atoms with Gasteiger partial charge in [0, 0.05) is 49.5 Å². The molecule has 0 spiro atoms. The van der Waals surface area contributed by atoms with Gasteiger partial charge in [-0.05, 0) is 29.8 Å². The molecule has 4 rings (SSSR count). The number of carbonyl (C=O) groups excluding carboxylic acids is 1. The third-order valence-electron chi connectivity index (χ3n) is 4.83. The van der Waals surface area contributed by atoms with Crippen LogP contribution in [0.5, 0.6) is 0 Å². The molecule has 0 unspecified atom stereocenters. The maximum absolute atomic E-state index is 12.8. The fourth-order valence-corrected chi connectivity index (χ4v) is 4.41. The summed E-state index contributed by atoms with van der Waals surface area (Å²) in [6.45, 7) is 1.21. The summed E-state index contributed by atoms with van der Waals surface area (Å²) in [4.78, 5) is 22.9. The van der Waals surface area contributed by atoms with E-state index in [0.717, 1.165) is 11.1 Å². The molecule has 2 heterocycles. The van der Waals surface area contributed by atoms with Crippen molar-refractivity contribution in [2.75, 3.05) is 26.2 Å². The average Bonchev–Trinajstić information content (AvgIpc) is 2.78. The van der Waals surface area contributed by atoms with Crippen molar-refractivity contribution in [3.63, 3.8) is 0 Å². The lowest BCUT2D eigenvalue weighted by atomic mass is 10.1. The summed E-state index contributed by atoms with van der Waals surface area (Å²) in [6.07, 6.45) is 4.78. The third kappa shape index (κ3) is 4.33. The molecule has 1 amide bonds. The molecule has 7 nitrogen and oxygen atoms in total. The molecule has 0 N–H and O–H groups in total. The van der Waals surface area contributed by atoms with E-state index in [1.54, 1.807) is 41.6 Å². The number of hydrogen-bond acceptors (Lipinski definition) is 5. The van der Waals surface area contributed by atoms with Crippen molar-refractivity contribution in [1.29, 1.82) is 0 Å². The van der Waals surface area contributed by atoms with Gasteiger partial charge in [-0.2, -0.15) is 4.31 Å². The van der Waals surface area contributed by atoms with E-state index in [4.69, 9.17) is 0 Å². The Hall–Kier alpha value is -3.10. The molecule has 29 heavy (non-hydrogen) atoms. The fraction of sp³-hybridized carbons (Fsp3) is 0.190. The molecule has 1 aliphatic rings. The molecular weight excluding hydrogens is 388 g/mol. The molecule has 3 aromatic rings. The molecule has 1 saturated heterocycles. The van der Waals surface area contributed by atoms with Gasteiger partial charge in [-0.25, -0.2) is 8.42 Å². The second-order valence-electron chi connectivity index (χ2n) is 6.71. The zero-order chi connectivity index (χ0) is 20.3. The first kappa shape index (κ1) is 19.2. The number of benzene rings is 2. The Morgan fingerprint density at radius 1 is 0.897 bits per heavy atom. The van der Waals surface area contributed by atoms with Crippen LogP contribution in [0.25, 0.3) is 17.1 Å². The van der Waals surface area contributed by atoms with Gasteiger partial charge >= 0.3 is 0 Å². The summed E-state index contributed by atoms with van der Waals surface area (Å²) < 4.78 is 26.5. The maximum atomic E-state index is 12.8. The third-order valence-corrected chi connectivity index (χ3v) is 6.40. The van der Waals surface area contributed by atoms with Gasteiger partial charge in [0.15, 0.2) is 0 Å². The Balaban J connectivity index is 1.41. The Kier molecular flexibility index (Phi) is 5.37. The van der Waals surface area contributed by atoms with Gasteiger partial charge in [0.25, 0.3) is 5.91 Å². The summed E-state index contributed by atoms with van der Waals surface area (Å²) in [7, 11) is -3.53. The molecule has 2 aromatic carbocycles. The first-order valence-corrected chi connectivity index (χ1v) is 10.8. The molecule has 8 heteroatoms. The molecule has 148 valence electrons. The normalized spacial score (nSPS) is 15.8. The molecule has 1 aromatic heterocycles. The number of nitrogens with zero attached hydrogens (tertiary/aromatic N) is 4. The van der Waals surface area contributed by atoms with Crippen LogP contribution in [0.4, 0.5) is 0 Å². The van der Waals surface area contributed by atoms with E-state index in [9.17, 15) is 13.2 Å². The summed E-state index contributed by atoms with van der Waals surface area (Å²) in [5.74, 6) is -0.130. The number of sulfonamides is 1. The first-order valence-electron chi connectivity index (χ1n) is 9.26. The van der Waals surface area contributed by atoms with Crippen LogP contribution in [0.1, 0.15) is 15.9 Å². The molecule has 0 bridgehead atoms. The average molecular weight is 408 g/mol. The molecule has 0 aliphatic carbocycles. The summed E-state index contributed by atoms with van der Waals surface area (Å²) in [5.41, 5.74) is 2.73. The number of aromatic nitrogens is 2. The van der Waals surface area contributed by atoms with E-state index >= 15 is 0 Å². The fourth-order valence-electron chi connectivity index (χ4n) is 3.24. The predicted octanol–water partition coefficient (Wildman–Crippen LogP) is 2.39. The van der Waals surface area contributed by atoms with E-state index in [0.29, 0.717) is 24.2 Å². The van der Waals surface area contributed by atoms with E-state index in [2.05, 4.69) is 9.97 Å². The number of fused-ring (bicyclic) bond motifs is 1. The van der Waals surface area contributed by atoms with Crippen molar-refractivity contribution in [2.24, 2.45) is 0 Å². The Labute approximate surface area is 169 Å². The van der Waals surface area contributed by atoms with Crippen LogP contribution in [0.2, 0.25) is 0 Å². The van der Waals surface area contributed by atoms with Crippen molar-refractivity contribution < 1.29 is 13.2 Å². The van der Waals surface area contributed by atoms with Gasteiger partial charge in [0.2, 0.25) is 10.0 Å². The monoisotopic (exact) mass is 408 g/mol. The molecule has 1 aliphatic heterocycles. The number of amides is 1. The highest BCUT2D eigenvalue weighted by atomic mass is 32.2. The zero-order valence-electron chi connectivity index (χ0n) is 15.7. The van der Waals surface area contributed by atoms with Crippen LogP contribution < -0.4 is 0 Å². The maximum Gasteiger partial charge on any atom is 0.254 e. The van der Waals surface area contributed by atoms with Crippen LogP contribution in [0.15, 0.2) is 66.3 Å². The van der Waals surface area contributed by atoms with Gasteiger partial charge in [-0.15, -0.1) is 0 Å². The van der Waals surface area contributed by atoms with E-state index in [1.165, 1.54) is 9.71 Å².